The zero-order valence-corrected chi connectivity index (χ0v) is 22.2. The van der Waals surface area contributed by atoms with Gasteiger partial charge in [0.25, 0.3) is 5.91 Å². The van der Waals surface area contributed by atoms with E-state index in [1.165, 1.54) is 23.1 Å². The Morgan fingerprint density at radius 1 is 1.18 bits per heavy atom. The van der Waals surface area contributed by atoms with Crippen LogP contribution >= 0.6 is 0 Å². The van der Waals surface area contributed by atoms with Gasteiger partial charge in [-0.3, -0.25) is 19.5 Å². The number of rotatable bonds is 6. The average Bonchev–Trinajstić information content (AvgIpc) is 3.34. The fraction of sp³-hybridized carbons (Fsp3) is 0.379. The second-order valence-electron chi connectivity index (χ2n) is 10.5. The van der Waals surface area contributed by atoms with Crippen molar-refractivity contribution in [1.82, 2.24) is 25.5 Å². The van der Waals surface area contributed by atoms with Crippen LogP contribution < -0.4 is 10.7 Å². The normalized spacial score (nSPS) is 24.3. The van der Waals surface area contributed by atoms with Crippen molar-refractivity contribution in [2.24, 2.45) is 11.0 Å². The maximum atomic E-state index is 14.5. The summed E-state index contributed by atoms with van der Waals surface area (Å²) >= 11 is 0. The minimum Gasteiger partial charge on any atom is -0.348 e. The standard InChI is InChI=1S/C29H32F2N6O2/c1-17-13-18(11-12-32-17)27-21-14-19(7-9-25(21)34-35-27)28(38)33-20-8-10-26(29(39)36(2)3)37(15-20)16-22-23(30)5-4-6-24(22)31/h4-7,9,11-14,20-21,25-26,34H,8,10,15-16H2,1-3H3,(H,33,38)/t20-,21?,25?,26+/m1/s1. The molecule has 2 aliphatic heterocycles. The van der Waals surface area contributed by atoms with Gasteiger partial charge in [0.05, 0.1) is 17.8 Å². The van der Waals surface area contributed by atoms with Crippen LogP contribution in [0.1, 0.15) is 29.7 Å². The number of piperidine rings is 1. The molecule has 0 spiro atoms. The highest BCUT2D eigenvalue weighted by molar-refractivity contribution is 6.06. The number of carbonyl (C=O) groups is 2. The Labute approximate surface area is 226 Å². The summed E-state index contributed by atoms with van der Waals surface area (Å²) in [4.78, 5) is 33.7. The lowest BCUT2D eigenvalue weighted by molar-refractivity contribution is -0.136. The van der Waals surface area contributed by atoms with E-state index in [0.717, 1.165) is 17.0 Å². The monoisotopic (exact) mass is 534 g/mol. The minimum atomic E-state index is -0.656. The Morgan fingerprint density at radius 2 is 1.95 bits per heavy atom. The van der Waals surface area contributed by atoms with E-state index in [2.05, 4.69) is 20.8 Å². The van der Waals surface area contributed by atoms with Gasteiger partial charge in [0.2, 0.25) is 5.91 Å². The van der Waals surface area contributed by atoms with Gasteiger partial charge in [0, 0.05) is 67.7 Å². The molecule has 3 heterocycles. The molecule has 8 nitrogen and oxygen atoms in total. The molecule has 0 bridgehead atoms. The van der Waals surface area contributed by atoms with Crippen molar-refractivity contribution in [3.05, 3.63) is 88.8 Å². The number of aryl methyl sites for hydroxylation is 1. The second-order valence-corrected chi connectivity index (χ2v) is 10.5. The molecule has 1 aliphatic carbocycles. The molecule has 3 aliphatic rings. The number of halogens is 2. The molecule has 1 aromatic heterocycles. The van der Waals surface area contributed by atoms with Crippen molar-refractivity contribution in [2.75, 3.05) is 20.6 Å². The molecule has 1 fully saturated rings. The van der Waals surface area contributed by atoms with Crippen LogP contribution in [0.25, 0.3) is 0 Å². The topological polar surface area (TPSA) is 89.9 Å². The number of likely N-dealkylation sites (N-methyl/N-ethyl adjacent to an activating group) is 1. The van der Waals surface area contributed by atoms with Crippen molar-refractivity contribution in [1.29, 1.82) is 0 Å². The van der Waals surface area contributed by atoms with Crippen LogP contribution in [-0.2, 0) is 16.1 Å². The number of amides is 2. The smallest absolute Gasteiger partial charge is 0.251 e. The predicted molar refractivity (Wildman–Crippen MR) is 144 cm³/mol. The third kappa shape index (κ3) is 5.61. The first-order chi connectivity index (χ1) is 18.7. The van der Waals surface area contributed by atoms with Crippen LogP contribution in [-0.4, -0.2) is 71.1 Å². The van der Waals surface area contributed by atoms with Gasteiger partial charge in [-0.25, -0.2) is 8.78 Å². The van der Waals surface area contributed by atoms with E-state index in [1.807, 2.05) is 31.2 Å². The summed E-state index contributed by atoms with van der Waals surface area (Å²) in [6.07, 6.45) is 8.41. The van der Waals surface area contributed by atoms with Gasteiger partial charge in [0.1, 0.15) is 11.6 Å². The predicted octanol–water partition coefficient (Wildman–Crippen LogP) is 2.69. The van der Waals surface area contributed by atoms with Gasteiger partial charge in [0.15, 0.2) is 0 Å². The number of nitrogens with zero attached hydrogens (tertiary/aromatic N) is 4. The average molecular weight is 535 g/mol. The maximum absolute atomic E-state index is 14.5. The summed E-state index contributed by atoms with van der Waals surface area (Å²) in [6, 6.07) is 6.75. The van der Waals surface area contributed by atoms with E-state index in [-0.39, 0.29) is 48.5 Å². The zero-order valence-electron chi connectivity index (χ0n) is 22.2. The van der Waals surface area contributed by atoms with Crippen molar-refractivity contribution >= 4 is 17.5 Å². The molecular formula is C29H32F2N6O2. The highest BCUT2D eigenvalue weighted by Crippen LogP contribution is 2.28. The second kappa shape index (κ2) is 11.1. The number of hydrazone groups is 1. The third-order valence-electron chi connectivity index (χ3n) is 7.50. The molecule has 2 N–H and O–H groups in total. The van der Waals surface area contributed by atoms with Crippen LogP contribution in [0.5, 0.6) is 0 Å². The van der Waals surface area contributed by atoms with E-state index in [0.29, 0.717) is 18.4 Å². The van der Waals surface area contributed by atoms with Gasteiger partial charge >= 0.3 is 0 Å². The number of likely N-dealkylation sites (tertiary alicyclic amines) is 1. The molecule has 0 saturated carbocycles. The quantitative estimate of drug-likeness (QED) is 0.595. The van der Waals surface area contributed by atoms with E-state index < -0.39 is 17.7 Å². The van der Waals surface area contributed by atoms with Crippen LogP contribution in [0, 0.1) is 24.5 Å². The van der Waals surface area contributed by atoms with Crippen LogP contribution in [0.3, 0.4) is 0 Å². The summed E-state index contributed by atoms with van der Waals surface area (Å²) in [5.74, 6) is -1.78. The summed E-state index contributed by atoms with van der Waals surface area (Å²) in [5, 5.41) is 7.59. The van der Waals surface area contributed by atoms with E-state index in [1.54, 1.807) is 31.3 Å². The first kappa shape index (κ1) is 26.7. The van der Waals surface area contributed by atoms with Gasteiger partial charge in [-0.15, -0.1) is 0 Å². The molecular weight excluding hydrogens is 502 g/mol. The molecule has 2 aromatic rings. The Balaban J connectivity index is 1.31. The molecule has 1 saturated heterocycles. The molecule has 2 amide bonds. The number of hydrogen-bond acceptors (Lipinski definition) is 6. The van der Waals surface area contributed by atoms with Gasteiger partial charge in [-0.1, -0.05) is 24.3 Å². The van der Waals surface area contributed by atoms with Crippen molar-refractivity contribution in [3.63, 3.8) is 0 Å². The Morgan fingerprint density at radius 3 is 2.67 bits per heavy atom. The highest BCUT2D eigenvalue weighted by Gasteiger charge is 2.37. The van der Waals surface area contributed by atoms with Crippen molar-refractivity contribution in [2.45, 2.75) is 44.4 Å². The molecule has 4 atom stereocenters. The lowest BCUT2D eigenvalue weighted by atomic mass is 9.86. The summed E-state index contributed by atoms with van der Waals surface area (Å²) in [5.41, 5.74) is 6.25. The molecule has 0 radical (unpaired) electrons. The minimum absolute atomic E-state index is 0.0383. The number of nitrogens with one attached hydrogen (secondary N) is 2. The van der Waals surface area contributed by atoms with Crippen molar-refractivity contribution in [3.8, 4) is 0 Å². The Hall–Kier alpha value is -3.92. The number of fused-ring (bicyclic) bond motifs is 1. The summed E-state index contributed by atoms with van der Waals surface area (Å²) < 4.78 is 28.9. The molecule has 1 aromatic carbocycles. The lowest BCUT2D eigenvalue weighted by Gasteiger charge is -2.40. The molecule has 5 rings (SSSR count). The largest absolute Gasteiger partial charge is 0.348 e. The van der Waals surface area contributed by atoms with E-state index in [9.17, 15) is 18.4 Å². The number of benzene rings is 1. The van der Waals surface area contributed by atoms with Gasteiger partial charge in [-0.2, -0.15) is 5.10 Å². The first-order valence-electron chi connectivity index (χ1n) is 13.1. The van der Waals surface area contributed by atoms with E-state index >= 15 is 0 Å². The first-order valence-corrected chi connectivity index (χ1v) is 13.1. The molecule has 39 heavy (non-hydrogen) atoms. The third-order valence-corrected chi connectivity index (χ3v) is 7.50. The number of aromatic nitrogens is 1. The molecule has 10 heteroatoms. The number of carbonyl (C=O) groups excluding carboxylic acids is 2. The highest BCUT2D eigenvalue weighted by atomic mass is 19.1. The maximum Gasteiger partial charge on any atom is 0.251 e. The lowest BCUT2D eigenvalue weighted by Crippen LogP contribution is -2.56. The van der Waals surface area contributed by atoms with Crippen LogP contribution in [0.15, 0.2) is 65.4 Å². The Bertz CT molecular complexity index is 1350. The van der Waals surface area contributed by atoms with Crippen molar-refractivity contribution < 1.29 is 18.4 Å². The van der Waals surface area contributed by atoms with E-state index in [4.69, 9.17) is 0 Å². The fourth-order valence-corrected chi connectivity index (χ4v) is 5.45. The SMILES string of the molecule is Cc1cc(C2=NNC3C=CC(C(=O)N[C@@H]4CC[C@@H](C(=O)N(C)C)N(Cc5c(F)cccc5F)C4)=CC23)ccn1. The summed E-state index contributed by atoms with van der Waals surface area (Å²) in [7, 11) is 3.33. The number of hydrogen-bond donors (Lipinski definition) is 2. The van der Waals surface area contributed by atoms with Crippen LogP contribution in [0.2, 0.25) is 0 Å². The van der Waals surface area contributed by atoms with Gasteiger partial charge in [-0.05, 0) is 44.0 Å². The zero-order chi connectivity index (χ0) is 27.7. The number of pyridine rings is 1. The van der Waals surface area contributed by atoms with Crippen LogP contribution in [0.4, 0.5) is 8.78 Å². The fourth-order valence-electron chi connectivity index (χ4n) is 5.45. The summed E-state index contributed by atoms with van der Waals surface area (Å²) in [6.45, 7) is 2.14. The molecule has 204 valence electrons. The van der Waals surface area contributed by atoms with Gasteiger partial charge < -0.3 is 15.6 Å². The Kier molecular flexibility index (Phi) is 7.56. The molecule has 2 unspecified atom stereocenters.